The molecule has 0 radical (unpaired) electrons. The average molecular weight is 475 g/mol. The number of aromatic nitrogens is 3. The molecule has 2 heterocycles. The normalized spacial score (nSPS) is 12.4. The highest BCUT2D eigenvalue weighted by molar-refractivity contribution is 6.11. The smallest absolute Gasteiger partial charge is 0.276 e. The summed E-state index contributed by atoms with van der Waals surface area (Å²) in [5, 5.41) is 14.1. The van der Waals surface area contributed by atoms with Gasteiger partial charge in [0.2, 0.25) is 0 Å². The molecule has 0 aliphatic heterocycles. The summed E-state index contributed by atoms with van der Waals surface area (Å²) in [5.41, 5.74) is 4.82. The summed E-state index contributed by atoms with van der Waals surface area (Å²) < 4.78 is 0. The topological polar surface area (TPSA) is 102 Å². The largest absolute Gasteiger partial charge is 0.369 e. The number of carbonyl (C=O) groups is 1. The Morgan fingerprint density at radius 1 is 1.17 bits per heavy atom. The van der Waals surface area contributed by atoms with E-state index >= 15 is 0 Å². The van der Waals surface area contributed by atoms with Crippen molar-refractivity contribution in [3.05, 3.63) is 65.6 Å². The van der Waals surface area contributed by atoms with E-state index in [0.717, 1.165) is 53.1 Å². The van der Waals surface area contributed by atoms with Crippen LogP contribution in [-0.2, 0) is 0 Å². The Balaban J connectivity index is 1.77. The van der Waals surface area contributed by atoms with Crippen molar-refractivity contribution >= 4 is 40.6 Å². The molecule has 9 heteroatoms. The summed E-state index contributed by atoms with van der Waals surface area (Å²) in [6, 6.07) is 9.58. The molecular weight excluding hydrogens is 440 g/mol. The third-order valence-corrected chi connectivity index (χ3v) is 5.28. The maximum absolute atomic E-state index is 13.0. The van der Waals surface area contributed by atoms with Crippen LogP contribution in [0, 0.1) is 0 Å². The molecule has 0 fully saturated rings. The Bertz CT molecular complexity index is 1220. The van der Waals surface area contributed by atoms with Gasteiger partial charge in [-0.25, -0.2) is 4.98 Å². The van der Waals surface area contributed by atoms with Crippen LogP contribution in [0.2, 0.25) is 0 Å². The number of hydrogen-bond donors (Lipinski definition) is 3. The molecule has 0 saturated heterocycles. The Labute approximate surface area is 206 Å². The van der Waals surface area contributed by atoms with Crippen molar-refractivity contribution in [1.29, 1.82) is 0 Å². The number of H-pyrrole nitrogens is 1. The van der Waals surface area contributed by atoms with Gasteiger partial charge in [-0.2, -0.15) is 5.10 Å². The number of nitrogens with zero attached hydrogens (tertiary/aromatic N) is 5. The number of fused-ring (bicyclic) bond motifs is 1. The van der Waals surface area contributed by atoms with E-state index in [2.05, 4.69) is 53.4 Å². The highest BCUT2D eigenvalue weighted by atomic mass is 16.1. The number of rotatable bonds is 11. The first kappa shape index (κ1) is 25.8. The number of aromatic amines is 1. The standard InChI is InChI=1S/C26H34N8O/c1-18(13-19(15-27-2)17-34(5)6)20-7-9-23-22(14-20)25(32-31-23)26(35)30-21-8-10-24(29-16-21)28-11-12-33(3)4/h7-10,13-16H,2,11-12,17H2,1,3-6H3,(H,28,29)(H,30,35)(H,31,32)/b18-13+,19-15+. The summed E-state index contributed by atoms with van der Waals surface area (Å²) in [4.78, 5) is 25.5. The quantitative estimate of drug-likeness (QED) is 0.289. The molecule has 2 aromatic heterocycles. The monoisotopic (exact) mass is 474 g/mol. The first-order valence-corrected chi connectivity index (χ1v) is 11.4. The lowest BCUT2D eigenvalue weighted by Gasteiger charge is -2.11. The summed E-state index contributed by atoms with van der Waals surface area (Å²) >= 11 is 0. The Morgan fingerprint density at radius 2 is 1.97 bits per heavy atom. The van der Waals surface area contributed by atoms with E-state index in [9.17, 15) is 4.79 Å². The van der Waals surface area contributed by atoms with Gasteiger partial charge in [-0.1, -0.05) is 12.1 Å². The second-order valence-electron chi connectivity index (χ2n) is 8.90. The van der Waals surface area contributed by atoms with Gasteiger partial charge in [0, 0.05) is 31.2 Å². The molecule has 35 heavy (non-hydrogen) atoms. The highest BCUT2D eigenvalue weighted by Crippen LogP contribution is 2.24. The van der Waals surface area contributed by atoms with Crippen molar-refractivity contribution in [2.24, 2.45) is 4.99 Å². The van der Waals surface area contributed by atoms with Crippen LogP contribution < -0.4 is 10.6 Å². The van der Waals surface area contributed by atoms with Gasteiger partial charge in [0.25, 0.3) is 5.91 Å². The zero-order valence-corrected chi connectivity index (χ0v) is 21.1. The predicted molar refractivity (Wildman–Crippen MR) is 145 cm³/mol. The summed E-state index contributed by atoms with van der Waals surface area (Å²) in [5.74, 6) is 0.463. The summed E-state index contributed by atoms with van der Waals surface area (Å²) in [7, 11) is 8.06. The van der Waals surface area contributed by atoms with Gasteiger partial charge in [-0.15, -0.1) is 0 Å². The zero-order valence-electron chi connectivity index (χ0n) is 21.1. The zero-order chi connectivity index (χ0) is 25.4. The van der Waals surface area contributed by atoms with Gasteiger partial charge in [0.15, 0.2) is 5.69 Å². The molecule has 0 unspecified atom stereocenters. The van der Waals surface area contributed by atoms with E-state index in [1.807, 2.05) is 65.4 Å². The van der Waals surface area contributed by atoms with E-state index in [-0.39, 0.29) is 5.91 Å². The lowest BCUT2D eigenvalue weighted by atomic mass is 10.0. The van der Waals surface area contributed by atoms with Crippen LogP contribution in [0.1, 0.15) is 23.0 Å². The lowest BCUT2D eigenvalue weighted by molar-refractivity contribution is 0.102. The van der Waals surface area contributed by atoms with Crippen LogP contribution >= 0.6 is 0 Å². The van der Waals surface area contributed by atoms with Crippen molar-refractivity contribution in [2.75, 3.05) is 58.5 Å². The highest BCUT2D eigenvalue weighted by Gasteiger charge is 2.15. The number of allylic oxidation sites excluding steroid dienone is 1. The number of anilines is 2. The van der Waals surface area contributed by atoms with Gasteiger partial charge in [0.1, 0.15) is 5.82 Å². The van der Waals surface area contributed by atoms with E-state index in [1.54, 1.807) is 12.4 Å². The molecule has 0 atom stereocenters. The van der Waals surface area contributed by atoms with E-state index < -0.39 is 0 Å². The van der Waals surface area contributed by atoms with Crippen LogP contribution in [0.15, 0.2) is 59.4 Å². The molecular formula is C26H34N8O. The van der Waals surface area contributed by atoms with Gasteiger partial charge in [-0.05, 0) is 82.8 Å². The number of carbonyl (C=O) groups excluding carboxylic acids is 1. The number of nitrogens with one attached hydrogen (secondary N) is 3. The number of pyridine rings is 1. The molecule has 3 aromatic rings. The third-order valence-electron chi connectivity index (χ3n) is 5.28. The molecule has 3 N–H and O–H groups in total. The second kappa shape index (κ2) is 12.0. The fourth-order valence-electron chi connectivity index (χ4n) is 3.57. The molecule has 1 aromatic carbocycles. The second-order valence-corrected chi connectivity index (χ2v) is 8.90. The first-order valence-electron chi connectivity index (χ1n) is 11.4. The van der Waals surface area contributed by atoms with Crippen molar-refractivity contribution in [1.82, 2.24) is 25.0 Å². The average Bonchev–Trinajstić information content (AvgIpc) is 3.23. The van der Waals surface area contributed by atoms with Gasteiger partial charge in [-0.3, -0.25) is 14.9 Å². The minimum Gasteiger partial charge on any atom is -0.369 e. The van der Waals surface area contributed by atoms with Crippen molar-refractivity contribution in [3.63, 3.8) is 0 Å². The van der Waals surface area contributed by atoms with Crippen molar-refractivity contribution < 1.29 is 4.79 Å². The Kier molecular flexibility index (Phi) is 8.88. The van der Waals surface area contributed by atoms with Crippen LogP contribution in [0.3, 0.4) is 0 Å². The SMILES string of the molecule is C=N/C=C(\C=C(/C)c1ccc2[nH]nc(C(=O)Nc3ccc(NCCN(C)C)nc3)c2c1)CN(C)C. The first-order chi connectivity index (χ1) is 16.8. The van der Waals surface area contributed by atoms with Crippen LogP contribution in [0.5, 0.6) is 0 Å². The lowest BCUT2D eigenvalue weighted by Crippen LogP contribution is -2.21. The predicted octanol–water partition coefficient (Wildman–Crippen LogP) is 3.73. The number of likely N-dealkylation sites (N-methyl/N-ethyl adjacent to an activating group) is 2. The molecule has 0 aliphatic rings. The van der Waals surface area contributed by atoms with E-state index in [1.165, 1.54) is 0 Å². The van der Waals surface area contributed by atoms with Crippen LogP contribution in [-0.4, -0.2) is 85.4 Å². The molecule has 0 saturated carbocycles. The van der Waals surface area contributed by atoms with E-state index in [0.29, 0.717) is 11.4 Å². The summed E-state index contributed by atoms with van der Waals surface area (Å²) in [6.45, 7) is 8.05. The molecule has 0 bridgehead atoms. The molecule has 9 nitrogen and oxygen atoms in total. The number of aliphatic imine (C=N–C) groups is 1. The molecule has 0 aliphatic carbocycles. The van der Waals surface area contributed by atoms with Gasteiger partial charge < -0.3 is 20.4 Å². The number of benzene rings is 1. The van der Waals surface area contributed by atoms with Crippen molar-refractivity contribution in [3.8, 4) is 0 Å². The Morgan fingerprint density at radius 3 is 2.63 bits per heavy atom. The maximum atomic E-state index is 13.0. The minimum atomic E-state index is -0.297. The van der Waals surface area contributed by atoms with Crippen LogP contribution in [0.25, 0.3) is 16.5 Å². The van der Waals surface area contributed by atoms with Gasteiger partial charge >= 0.3 is 0 Å². The number of amides is 1. The third kappa shape index (κ3) is 7.33. The molecule has 0 spiro atoms. The fraction of sp³-hybridized carbons (Fsp3) is 0.308. The molecule has 184 valence electrons. The Hall–Kier alpha value is -3.82. The fourth-order valence-corrected chi connectivity index (χ4v) is 3.57. The molecule has 3 rings (SSSR count). The number of hydrogen-bond acceptors (Lipinski definition) is 7. The minimum absolute atomic E-state index is 0.297. The summed E-state index contributed by atoms with van der Waals surface area (Å²) in [6.07, 6.45) is 5.47. The van der Waals surface area contributed by atoms with E-state index in [4.69, 9.17) is 0 Å². The molecule has 1 amide bonds. The van der Waals surface area contributed by atoms with Crippen LogP contribution in [0.4, 0.5) is 11.5 Å². The van der Waals surface area contributed by atoms with Gasteiger partial charge in [0.05, 0.1) is 17.4 Å². The maximum Gasteiger partial charge on any atom is 0.276 e. The van der Waals surface area contributed by atoms with Crippen molar-refractivity contribution in [2.45, 2.75) is 6.92 Å².